The maximum Gasteiger partial charge on any atom is 0.406 e. The van der Waals surface area contributed by atoms with Gasteiger partial charge < -0.3 is 20.1 Å². The number of alkyl halides is 3. The van der Waals surface area contributed by atoms with E-state index in [2.05, 4.69) is 10.1 Å². The number of urea groups is 1. The van der Waals surface area contributed by atoms with Crippen LogP contribution in [0.2, 0.25) is 0 Å². The van der Waals surface area contributed by atoms with Crippen LogP contribution in [-0.2, 0) is 14.3 Å². The van der Waals surface area contributed by atoms with Crippen LogP contribution in [0, 0.1) is 5.41 Å². The van der Waals surface area contributed by atoms with Gasteiger partial charge in [-0.05, 0) is 13.3 Å². The number of amides is 2. The number of ether oxygens (including phenoxy) is 1. The Morgan fingerprint density at radius 1 is 1.38 bits per heavy atom. The number of carbonyl (C=O) groups excluding carboxylic acids is 2. The number of likely N-dealkylation sites (tertiary alicyclic amines) is 1. The summed E-state index contributed by atoms with van der Waals surface area (Å²) in [5.74, 6) is -2.78. The summed E-state index contributed by atoms with van der Waals surface area (Å²) in [5, 5.41) is 11.0. The number of esters is 1. The van der Waals surface area contributed by atoms with Gasteiger partial charge in [-0.3, -0.25) is 4.79 Å². The van der Waals surface area contributed by atoms with Gasteiger partial charge in [-0.15, -0.1) is 0 Å². The van der Waals surface area contributed by atoms with Crippen LogP contribution in [0.15, 0.2) is 0 Å². The lowest BCUT2D eigenvalue weighted by Gasteiger charge is -2.27. The second-order valence-electron chi connectivity index (χ2n) is 4.75. The number of nitrogens with zero attached hydrogens (tertiary/aromatic N) is 1. The number of aliphatic carboxylic acids is 1. The van der Waals surface area contributed by atoms with E-state index < -0.39 is 48.6 Å². The maximum atomic E-state index is 12.9. The Morgan fingerprint density at radius 2 is 1.95 bits per heavy atom. The van der Waals surface area contributed by atoms with Crippen molar-refractivity contribution in [2.45, 2.75) is 25.6 Å². The van der Waals surface area contributed by atoms with Crippen molar-refractivity contribution in [1.29, 1.82) is 0 Å². The van der Waals surface area contributed by atoms with Gasteiger partial charge in [0, 0.05) is 13.1 Å². The Kier molecular flexibility index (Phi) is 4.69. The largest absolute Gasteiger partial charge is 0.481 e. The number of hydrogen-bond acceptors (Lipinski definition) is 4. The van der Waals surface area contributed by atoms with Crippen LogP contribution in [0.25, 0.3) is 0 Å². The van der Waals surface area contributed by atoms with Crippen molar-refractivity contribution in [3.63, 3.8) is 0 Å². The van der Waals surface area contributed by atoms with E-state index in [1.165, 1.54) is 6.92 Å². The van der Waals surface area contributed by atoms with Crippen LogP contribution in [0.1, 0.15) is 13.3 Å². The number of carboxylic acids is 1. The number of hydrogen-bond donors (Lipinski definition) is 2. The highest BCUT2D eigenvalue weighted by Crippen LogP contribution is 2.45. The van der Waals surface area contributed by atoms with Crippen molar-refractivity contribution >= 4 is 18.0 Å². The second-order valence-corrected chi connectivity index (χ2v) is 4.75. The molecule has 0 aromatic heterocycles. The third kappa shape index (κ3) is 3.19. The molecule has 2 unspecified atom stereocenters. The molecule has 0 saturated carbocycles. The highest BCUT2D eigenvalue weighted by Gasteiger charge is 2.64. The molecule has 1 fully saturated rings. The molecule has 2 amide bonds. The standard InChI is InChI=1S/C11H15F3N2O5/c1-6(7(17)21-2)15-9(20)16-4-3-10(5-16,8(18)19)11(12,13)14/h6H,3-5H2,1-2H3,(H,15,20)(H,18,19). The smallest absolute Gasteiger partial charge is 0.406 e. The summed E-state index contributed by atoms with van der Waals surface area (Å²) in [6.07, 6.45) is -5.70. The molecule has 2 N–H and O–H groups in total. The van der Waals surface area contributed by atoms with E-state index in [-0.39, 0.29) is 6.54 Å². The summed E-state index contributed by atoms with van der Waals surface area (Å²) in [7, 11) is 1.10. The van der Waals surface area contributed by atoms with Crippen LogP contribution < -0.4 is 5.32 Å². The van der Waals surface area contributed by atoms with Crippen LogP contribution in [0.5, 0.6) is 0 Å². The Hall–Kier alpha value is -2.00. The van der Waals surface area contributed by atoms with Gasteiger partial charge in [0.25, 0.3) is 0 Å². The average molecular weight is 312 g/mol. The van der Waals surface area contributed by atoms with E-state index in [0.29, 0.717) is 0 Å². The lowest BCUT2D eigenvalue weighted by molar-refractivity contribution is -0.227. The lowest BCUT2D eigenvalue weighted by atomic mass is 9.86. The minimum atomic E-state index is -4.97. The molecule has 1 heterocycles. The topological polar surface area (TPSA) is 95.9 Å². The zero-order chi connectivity index (χ0) is 16.4. The number of carboxylic acid groups (broad SMARTS) is 1. The molecule has 0 aromatic rings. The van der Waals surface area contributed by atoms with Gasteiger partial charge in [-0.1, -0.05) is 0 Å². The fourth-order valence-electron chi connectivity index (χ4n) is 2.02. The highest BCUT2D eigenvalue weighted by molar-refractivity contribution is 5.84. The Morgan fingerprint density at radius 3 is 2.33 bits per heavy atom. The van der Waals surface area contributed by atoms with Crippen molar-refractivity contribution in [3.05, 3.63) is 0 Å². The first-order valence-electron chi connectivity index (χ1n) is 5.98. The molecule has 21 heavy (non-hydrogen) atoms. The lowest BCUT2D eigenvalue weighted by Crippen LogP contribution is -2.50. The number of rotatable bonds is 3. The number of carbonyl (C=O) groups is 3. The zero-order valence-corrected chi connectivity index (χ0v) is 11.4. The van der Waals surface area contributed by atoms with Crippen LogP contribution in [0.4, 0.5) is 18.0 Å². The number of nitrogens with one attached hydrogen (secondary N) is 1. The maximum absolute atomic E-state index is 12.9. The minimum Gasteiger partial charge on any atom is -0.481 e. The molecule has 0 aromatic carbocycles. The molecule has 0 spiro atoms. The van der Waals surface area contributed by atoms with Crippen molar-refractivity contribution in [2.75, 3.05) is 20.2 Å². The molecule has 1 aliphatic rings. The van der Waals surface area contributed by atoms with E-state index in [0.717, 1.165) is 12.0 Å². The summed E-state index contributed by atoms with van der Waals surface area (Å²) in [6, 6.07) is -1.99. The Bertz CT molecular complexity index is 454. The third-order valence-electron chi connectivity index (χ3n) is 3.40. The molecule has 0 radical (unpaired) electrons. The van der Waals surface area contributed by atoms with E-state index >= 15 is 0 Å². The molecular formula is C11H15F3N2O5. The van der Waals surface area contributed by atoms with E-state index in [4.69, 9.17) is 5.11 Å². The molecule has 120 valence electrons. The first-order valence-corrected chi connectivity index (χ1v) is 5.98. The fourth-order valence-corrected chi connectivity index (χ4v) is 2.02. The van der Waals surface area contributed by atoms with Gasteiger partial charge in [-0.2, -0.15) is 13.2 Å². The van der Waals surface area contributed by atoms with Crippen LogP contribution in [-0.4, -0.2) is 60.4 Å². The van der Waals surface area contributed by atoms with Crippen LogP contribution in [0.3, 0.4) is 0 Å². The number of methoxy groups -OCH3 is 1. The predicted molar refractivity (Wildman–Crippen MR) is 62.3 cm³/mol. The average Bonchev–Trinajstić information content (AvgIpc) is 2.83. The predicted octanol–water partition coefficient (Wildman–Crippen LogP) is 0.597. The molecule has 1 rings (SSSR count). The first-order chi connectivity index (χ1) is 9.55. The second kappa shape index (κ2) is 5.78. The monoisotopic (exact) mass is 312 g/mol. The molecular weight excluding hydrogens is 297 g/mol. The SMILES string of the molecule is COC(=O)C(C)NC(=O)N1CCC(C(=O)O)(C(F)(F)F)C1. The summed E-state index contributed by atoms with van der Waals surface area (Å²) >= 11 is 0. The molecule has 0 aliphatic carbocycles. The fraction of sp³-hybridized carbons (Fsp3) is 0.727. The minimum absolute atomic E-state index is 0.370. The highest BCUT2D eigenvalue weighted by atomic mass is 19.4. The van der Waals surface area contributed by atoms with E-state index in [1.807, 2.05) is 0 Å². The van der Waals surface area contributed by atoms with Crippen molar-refractivity contribution in [2.24, 2.45) is 5.41 Å². The Balaban J connectivity index is 2.79. The zero-order valence-electron chi connectivity index (χ0n) is 11.4. The van der Waals surface area contributed by atoms with Crippen molar-refractivity contribution in [1.82, 2.24) is 10.2 Å². The molecule has 7 nitrogen and oxygen atoms in total. The molecule has 2 atom stereocenters. The van der Waals surface area contributed by atoms with Crippen molar-refractivity contribution < 1.29 is 37.4 Å². The van der Waals surface area contributed by atoms with Gasteiger partial charge >= 0.3 is 24.1 Å². The molecule has 0 bridgehead atoms. The van der Waals surface area contributed by atoms with Gasteiger partial charge in [0.05, 0.1) is 7.11 Å². The molecule has 10 heteroatoms. The summed E-state index contributed by atoms with van der Waals surface area (Å²) in [4.78, 5) is 34.6. The molecule has 1 aliphatic heterocycles. The summed E-state index contributed by atoms with van der Waals surface area (Å²) in [5.41, 5.74) is -2.97. The molecule has 1 saturated heterocycles. The van der Waals surface area contributed by atoms with Gasteiger partial charge in [0.2, 0.25) is 0 Å². The quantitative estimate of drug-likeness (QED) is 0.744. The van der Waals surface area contributed by atoms with E-state index in [9.17, 15) is 27.6 Å². The van der Waals surface area contributed by atoms with Gasteiger partial charge in [-0.25, -0.2) is 9.59 Å². The van der Waals surface area contributed by atoms with Gasteiger partial charge in [0.15, 0.2) is 5.41 Å². The normalized spacial score (nSPS) is 23.6. The summed E-state index contributed by atoms with van der Waals surface area (Å²) < 4.78 is 43.2. The third-order valence-corrected chi connectivity index (χ3v) is 3.40. The summed E-state index contributed by atoms with van der Waals surface area (Å²) in [6.45, 7) is -0.0644. The van der Waals surface area contributed by atoms with Gasteiger partial charge in [0.1, 0.15) is 6.04 Å². The van der Waals surface area contributed by atoms with Crippen LogP contribution >= 0.6 is 0 Å². The number of halogens is 3. The Labute approximate surface area is 118 Å². The van der Waals surface area contributed by atoms with Crippen molar-refractivity contribution in [3.8, 4) is 0 Å². The first kappa shape index (κ1) is 17.1. The van der Waals surface area contributed by atoms with E-state index in [1.54, 1.807) is 0 Å².